The molecule has 1 heterocycles. The van der Waals surface area contributed by atoms with Gasteiger partial charge in [0.05, 0.1) is 0 Å². The zero-order chi connectivity index (χ0) is 21.1. The van der Waals surface area contributed by atoms with Gasteiger partial charge in [-0.1, -0.05) is 25.1 Å². The van der Waals surface area contributed by atoms with Crippen molar-refractivity contribution in [2.75, 3.05) is 24.5 Å². The molecule has 2 atom stereocenters. The third-order valence-corrected chi connectivity index (χ3v) is 6.41. The number of hydrogen-bond donors (Lipinski definition) is 0. The van der Waals surface area contributed by atoms with E-state index in [9.17, 15) is 14.0 Å². The summed E-state index contributed by atoms with van der Waals surface area (Å²) in [6, 6.07) is 16.1. The normalized spacial score (nSPS) is 21.9. The molecule has 0 bridgehead atoms. The Bertz CT molecular complexity index is 876. The van der Waals surface area contributed by atoms with Crippen LogP contribution >= 0.6 is 0 Å². The van der Waals surface area contributed by atoms with Gasteiger partial charge < -0.3 is 9.80 Å². The number of benzene rings is 2. The van der Waals surface area contributed by atoms with Gasteiger partial charge in [0, 0.05) is 49.3 Å². The van der Waals surface area contributed by atoms with Crippen molar-refractivity contribution in [3.63, 3.8) is 0 Å². The Hall–Kier alpha value is -2.53. The van der Waals surface area contributed by atoms with Crippen molar-refractivity contribution >= 4 is 17.4 Å². The first-order chi connectivity index (χ1) is 14.6. The highest BCUT2D eigenvalue weighted by molar-refractivity contribution is 5.99. The number of para-hydroxylation sites is 1. The number of Topliss-reactive ketones (excluding diaryl/α,β-unsaturated/α-hetero) is 1. The second-order valence-corrected chi connectivity index (χ2v) is 8.46. The van der Waals surface area contributed by atoms with E-state index < -0.39 is 0 Å². The maximum Gasteiger partial charge on any atom is 0.226 e. The lowest BCUT2D eigenvalue weighted by molar-refractivity contribution is -0.119. The van der Waals surface area contributed by atoms with Gasteiger partial charge in [-0.3, -0.25) is 9.59 Å². The number of amides is 1. The second-order valence-electron chi connectivity index (χ2n) is 8.46. The minimum absolute atomic E-state index is 0.0654. The molecule has 0 spiro atoms. The average molecular weight is 409 g/mol. The molecule has 2 aromatic carbocycles. The lowest BCUT2D eigenvalue weighted by atomic mass is 10.0. The van der Waals surface area contributed by atoms with Gasteiger partial charge in [-0.15, -0.1) is 0 Å². The quantitative estimate of drug-likeness (QED) is 0.631. The fraction of sp³-hybridized carbons (Fsp3) is 0.440. The van der Waals surface area contributed by atoms with Crippen LogP contribution in [0.5, 0.6) is 0 Å². The summed E-state index contributed by atoms with van der Waals surface area (Å²) in [5, 5.41) is 0. The van der Waals surface area contributed by atoms with E-state index >= 15 is 0 Å². The molecule has 0 aromatic heterocycles. The molecule has 2 fully saturated rings. The van der Waals surface area contributed by atoms with Gasteiger partial charge >= 0.3 is 0 Å². The Morgan fingerprint density at radius 2 is 1.70 bits per heavy atom. The number of anilines is 1. The van der Waals surface area contributed by atoms with E-state index in [1.165, 1.54) is 12.1 Å². The van der Waals surface area contributed by atoms with E-state index in [0.29, 0.717) is 17.9 Å². The Labute approximate surface area is 177 Å². The van der Waals surface area contributed by atoms with Crippen molar-refractivity contribution in [1.29, 1.82) is 0 Å². The van der Waals surface area contributed by atoms with Crippen LogP contribution in [0.25, 0.3) is 0 Å². The van der Waals surface area contributed by atoms with Gasteiger partial charge in [0.1, 0.15) is 5.82 Å². The van der Waals surface area contributed by atoms with Crippen LogP contribution in [0.15, 0.2) is 54.6 Å². The molecule has 4 nitrogen and oxygen atoms in total. The molecular weight excluding hydrogens is 379 g/mol. The minimum Gasteiger partial charge on any atom is -0.309 e. The van der Waals surface area contributed by atoms with Gasteiger partial charge in [-0.05, 0) is 61.6 Å². The maximum atomic E-state index is 13.1. The van der Waals surface area contributed by atoms with Gasteiger partial charge in [0.25, 0.3) is 0 Å². The molecular formula is C25H29FN2O2. The zero-order valence-corrected chi connectivity index (χ0v) is 17.5. The van der Waals surface area contributed by atoms with Crippen LogP contribution in [0.3, 0.4) is 0 Å². The van der Waals surface area contributed by atoms with Crippen LogP contribution in [0.2, 0.25) is 0 Å². The topological polar surface area (TPSA) is 40.6 Å². The number of ketones is 1. The molecule has 0 N–H and O–H groups in total. The molecule has 2 aromatic rings. The van der Waals surface area contributed by atoms with Crippen molar-refractivity contribution in [2.45, 2.75) is 38.6 Å². The molecule has 4 rings (SSSR count). The van der Waals surface area contributed by atoms with E-state index in [1.54, 1.807) is 12.1 Å². The van der Waals surface area contributed by atoms with Crippen LogP contribution in [0.1, 0.15) is 43.0 Å². The summed E-state index contributed by atoms with van der Waals surface area (Å²) in [5.41, 5.74) is 1.59. The summed E-state index contributed by atoms with van der Waals surface area (Å²) >= 11 is 0. The predicted molar refractivity (Wildman–Crippen MR) is 116 cm³/mol. The maximum absolute atomic E-state index is 13.1. The van der Waals surface area contributed by atoms with Crippen LogP contribution in [0.4, 0.5) is 10.1 Å². The van der Waals surface area contributed by atoms with Crippen molar-refractivity contribution < 1.29 is 14.0 Å². The van der Waals surface area contributed by atoms with Gasteiger partial charge in [0.2, 0.25) is 5.91 Å². The molecule has 30 heavy (non-hydrogen) atoms. The first-order valence-electron chi connectivity index (χ1n) is 11.0. The van der Waals surface area contributed by atoms with E-state index in [4.69, 9.17) is 0 Å². The number of hydrogen-bond acceptors (Lipinski definition) is 3. The Morgan fingerprint density at radius 3 is 2.33 bits per heavy atom. The van der Waals surface area contributed by atoms with Crippen molar-refractivity contribution in [3.05, 3.63) is 66.0 Å². The van der Waals surface area contributed by atoms with Crippen LogP contribution < -0.4 is 4.90 Å². The minimum atomic E-state index is -0.312. The van der Waals surface area contributed by atoms with Crippen molar-refractivity contribution in [3.8, 4) is 0 Å². The van der Waals surface area contributed by atoms with Crippen LogP contribution in [-0.2, 0) is 4.79 Å². The average Bonchev–Trinajstić information content (AvgIpc) is 3.55. The van der Waals surface area contributed by atoms with Gasteiger partial charge in [0.15, 0.2) is 5.78 Å². The highest BCUT2D eigenvalue weighted by Crippen LogP contribution is 2.42. The van der Waals surface area contributed by atoms with E-state index in [-0.39, 0.29) is 29.5 Å². The third kappa shape index (κ3) is 4.62. The second kappa shape index (κ2) is 9.09. The lowest BCUT2D eigenvalue weighted by Gasteiger charge is -2.38. The molecule has 1 saturated heterocycles. The first kappa shape index (κ1) is 20.7. The Morgan fingerprint density at radius 1 is 1.03 bits per heavy atom. The highest BCUT2D eigenvalue weighted by Gasteiger charge is 2.44. The molecule has 158 valence electrons. The predicted octanol–water partition coefficient (Wildman–Crippen LogP) is 4.55. The summed E-state index contributed by atoms with van der Waals surface area (Å²) in [6.07, 6.45) is 3.32. The monoisotopic (exact) mass is 408 g/mol. The summed E-state index contributed by atoms with van der Waals surface area (Å²) < 4.78 is 13.1. The number of carbonyl (C=O) groups is 2. The standard InChI is InChI=1S/C25H29FN2O2/c1-2-24(29)28(21-6-4-3-5-7-21)22-12-14-27(15-13-22)17-19-16-23(19)25(30)18-8-10-20(26)11-9-18/h3-11,19,22-23H,2,12-17H2,1H3. The first-order valence-corrected chi connectivity index (χ1v) is 11.0. The summed E-state index contributed by atoms with van der Waals surface area (Å²) in [5.74, 6) is 0.454. The molecule has 2 unspecified atom stereocenters. The fourth-order valence-corrected chi connectivity index (χ4v) is 4.61. The summed E-state index contributed by atoms with van der Waals surface area (Å²) in [6.45, 7) is 4.73. The number of piperidine rings is 1. The van der Waals surface area contributed by atoms with Crippen LogP contribution in [-0.4, -0.2) is 42.3 Å². The van der Waals surface area contributed by atoms with E-state index in [0.717, 1.165) is 44.6 Å². The number of rotatable bonds is 7. The SMILES string of the molecule is CCC(=O)N(c1ccccc1)C1CCN(CC2CC2C(=O)c2ccc(F)cc2)CC1. The van der Waals surface area contributed by atoms with Crippen molar-refractivity contribution in [2.24, 2.45) is 11.8 Å². The van der Waals surface area contributed by atoms with Crippen LogP contribution in [0, 0.1) is 17.7 Å². The molecule has 0 radical (unpaired) electrons. The summed E-state index contributed by atoms with van der Waals surface area (Å²) in [4.78, 5) is 29.6. The molecule has 1 aliphatic heterocycles. The molecule has 1 aliphatic carbocycles. The molecule has 2 aliphatic rings. The van der Waals surface area contributed by atoms with E-state index in [2.05, 4.69) is 4.90 Å². The fourth-order valence-electron chi connectivity index (χ4n) is 4.61. The molecule has 1 saturated carbocycles. The number of halogens is 1. The number of nitrogens with zero attached hydrogens (tertiary/aromatic N) is 2. The summed E-state index contributed by atoms with van der Waals surface area (Å²) in [7, 11) is 0. The number of carbonyl (C=O) groups excluding carboxylic acids is 2. The third-order valence-electron chi connectivity index (χ3n) is 6.41. The lowest BCUT2D eigenvalue weighted by Crippen LogP contribution is -2.48. The largest absolute Gasteiger partial charge is 0.309 e. The zero-order valence-electron chi connectivity index (χ0n) is 17.5. The van der Waals surface area contributed by atoms with Gasteiger partial charge in [-0.2, -0.15) is 0 Å². The van der Waals surface area contributed by atoms with Crippen molar-refractivity contribution in [1.82, 2.24) is 4.90 Å². The highest BCUT2D eigenvalue weighted by atomic mass is 19.1. The smallest absolute Gasteiger partial charge is 0.226 e. The Kier molecular flexibility index (Phi) is 6.28. The van der Waals surface area contributed by atoms with E-state index in [1.807, 2.05) is 42.2 Å². The number of likely N-dealkylation sites (tertiary alicyclic amines) is 1. The Balaban J connectivity index is 1.30. The van der Waals surface area contributed by atoms with Gasteiger partial charge in [-0.25, -0.2) is 4.39 Å². The molecule has 1 amide bonds. The molecule has 5 heteroatoms.